The highest BCUT2D eigenvalue weighted by molar-refractivity contribution is 7.91. The molecule has 0 saturated heterocycles. The Kier molecular flexibility index (Phi) is 5.35. The molecule has 0 unspecified atom stereocenters. The van der Waals surface area contributed by atoms with Gasteiger partial charge in [-0.3, -0.25) is 4.98 Å². The van der Waals surface area contributed by atoms with E-state index in [2.05, 4.69) is 15.1 Å². The highest BCUT2D eigenvalue weighted by atomic mass is 32.2. The Morgan fingerprint density at radius 2 is 1.63 bits per heavy atom. The van der Waals surface area contributed by atoms with Crippen LogP contribution in [0.4, 0.5) is 26.3 Å². The molecule has 0 spiro atoms. The average molecular weight is 450 g/mol. The zero-order valence-electron chi connectivity index (χ0n) is 15.0. The molecule has 0 amide bonds. The molecule has 30 heavy (non-hydrogen) atoms. The molecule has 3 rings (SSSR count). The SMILES string of the molecule is CCS(=O)(=O)c1cc(C(F)(F)F)cnc1-n1cc(-c2cc(C(F)(F)F)ccn2)cn1. The minimum absolute atomic E-state index is 0.0858. The van der Waals surface area contributed by atoms with Crippen LogP contribution in [0.2, 0.25) is 0 Å². The van der Waals surface area contributed by atoms with E-state index in [1.807, 2.05) is 0 Å². The molecule has 0 aliphatic heterocycles. The maximum absolute atomic E-state index is 13.0. The lowest BCUT2D eigenvalue weighted by atomic mass is 10.1. The van der Waals surface area contributed by atoms with Gasteiger partial charge in [-0.25, -0.2) is 18.1 Å². The van der Waals surface area contributed by atoms with Crippen molar-refractivity contribution in [1.82, 2.24) is 19.7 Å². The van der Waals surface area contributed by atoms with Gasteiger partial charge >= 0.3 is 12.4 Å². The molecule has 0 atom stereocenters. The van der Waals surface area contributed by atoms with Crippen LogP contribution in [0, 0.1) is 0 Å². The zero-order chi connectivity index (χ0) is 22.3. The van der Waals surface area contributed by atoms with Crippen LogP contribution in [0.3, 0.4) is 0 Å². The van der Waals surface area contributed by atoms with Gasteiger partial charge in [0.2, 0.25) is 0 Å². The van der Waals surface area contributed by atoms with E-state index in [4.69, 9.17) is 0 Å². The van der Waals surface area contributed by atoms with Crippen LogP contribution in [-0.4, -0.2) is 33.9 Å². The number of sulfone groups is 1. The lowest BCUT2D eigenvalue weighted by Gasteiger charge is -2.12. The van der Waals surface area contributed by atoms with Gasteiger partial charge in [-0.15, -0.1) is 0 Å². The summed E-state index contributed by atoms with van der Waals surface area (Å²) in [5.41, 5.74) is -2.24. The fourth-order valence-corrected chi connectivity index (χ4v) is 3.53. The first kappa shape index (κ1) is 21.7. The van der Waals surface area contributed by atoms with Crippen molar-refractivity contribution in [2.24, 2.45) is 0 Å². The molecule has 3 aromatic rings. The second-order valence-corrected chi connectivity index (χ2v) is 8.29. The Hall–Kier alpha value is -2.96. The van der Waals surface area contributed by atoms with Crippen LogP contribution in [0.25, 0.3) is 17.1 Å². The predicted molar refractivity (Wildman–Crippen MR) is 92.3 cm³/mol. The van der Waals surface area contributed by atoms with Gasteiger partial charge in [-0.05, 0) is 18.2 Å². The largest absolute Gasteiger partial charge is 0.417 e. The van der Waals surface area contributed by atoms with Gasteiger partial charge in [0.05, 0.1) is 28.8 Å². The second kappa shape index (κ2) is 7.38. The molecule has 0 fully saturated rings. The lowest BCUT2D eigenvalue weighted by Crippen LogP contribution is -2.14. The fraction of sp³-hybridized carbons (Fsp3) is 0.235. The molecule has 3 heterocycles. The van der Waals surface area contributed by atoms with E-state index in [9.17, 15) is 34.8 Å². The Morgan fingerprint density at radius 3 is 2.23 bits per heavy atom. The summed E-state index contributed by atoms with van der Waals surface area (Å²) in [6, 6.07) is 1.99. The first-order valence-corrected chi connectivity index (χ1v) is 9.87. The van der Waals surface area contributed by atoms with Gasteiger partial charge in [0.15, 0.2) is 15.7 Å². The molecule has 160 valence electrons. The van der Waals surface area contributed by atoms with Crippen LogP contribution < -0.4 is 0 Å². The Bertz CT molecular complexity index is 1190. The van der Waals surface area contributed by atoms with Crippen molar-refractivity contribution in [2.75, 3.05) is 5.75 Å². The highest BCUT2D eigenvalue weighted by Crippen LogP contribution is 2.33. The van der Waals surface area contributed by atoms with Gasteiger partial charge in [0.25, 0.3) is 0 Å². The third-order valence-electron chi connectivity index (χ3n) is 4.06. The summed E-state index contributed by atoms with van der Waals surface area (Å²) in [5.74, 6) is -0.908. The Balaban J connectivity index is 2.12. The highest BCUT2D eigenvalue weighted by Gasteiger charge is 2.34. The van der Waals surface area contributed by atoms with Gasteiger partial charge < -0.3 is 0 Å². The normalized spacial score (nSPS) is 12.9. The summed E-state index contributed by atoms with van der Waals surface area (Å²) in [6.07, 6.45) is -5.80. The topological polar surface area (TPSA) is 77.7 Å². The molecule has 3 aromatic heterocycles. The number of hydrogen-bond acceptors (Lipinski definition) is 5. The van der Waals surface area contributed by atoms with Crippen LogP contribution in [0.15, 0.2) is 47.9 Å². The minimum atomic E-state index is -4.82. The summed E-state index contributed by atoms with van der Waals surface area (Å²) in [4.78, 5) is 6.72. The fourth-order valence-electron chi connectivity index (χ4n) is 2.48. The first-order chi connectivity index (χ1) is 13.8. The van der Waals surface area contributed by atoms with Crippen molar-refractivity contribution in [3.05, 3.63) is 54.1 Å². The first-order valence-electron chi connectivity index (χ1n) is 8.21. The number of nitrogens with zero attached hydrogens (tertiary/aromatic N) is 4. The standard InChI is InChI=1S/C17H12F6N4O2S/c1-2-30(28,29)14-6-12(17(21,22)23)8-25-15(14)27-9-10(7-26-27)13-5-11(3-4-24-13)16(18,19)20/h3-9H,2H2,1H3. The molecule has 6 nitrogen and oxygen atoms in total. The van der Waals surface area contributed by atoms with Crippen molar-refractivity contribution >= 4 is 9.84 Å². The van der Waals surface area contributed by atoms with E-state index in [1.54, 1.807) is 0 Å². The van der Waals surface area contributed by atoms with Crippen LogP contribution >= 0.6 is 0 Å². The molecule has 0 aliphatic rings. The molecule has 0 saturated carbocycles. The van der Waals surface area contributed by atoms with Crippen molar-refractivity contribution < 1.29 is 34.8 Å². The van der Waals surface area contributed by atoms with Crippen molar-refractivity contribution in [3.8, 4) is 17.1 Å². The lowest BCUT2D eigenvalue weighted by molar-refractivity contribution is -0.138. The number of halogens is 6. The molecule has 0 N–H and O–H groups in total. The number of hydrogen-bond donors (Lipinski definition) is 0. The Morgan fingerprint density at radius 1 is 0.967 bits per heavy atom. The maximum atomic E-state index is 13.0. The molecule has 0 bridgehead atoms. The number of aromatic nitrogens is 4. The third kappa shape index (κ3) is 4.30. The molecular weight excluding hydrogens is 438 g/mol. The molecule has 0 radical (unpaired) electrons. The zero-order valence-corrected chi connectivity index (χ0v) is 15.8. The summed E-state index contributed by atoms with van der Waals surface area (Å²) in [7, 11) is -4.13. The van der Waals surface area contributed by atoms with E-state index in [-0.39, 0.29) is 11.3 Å². The van der Waals surface area contributed by atoms with Crippen molar-refractivity contribution in [3.63, 3.8) is 0 Å². The molecule has 0 aromatic carbocycles. The van der Waals surface area contributed by atoms with Crippen molar-refractivity contribution in [1.29, 1.82) is 0 Å². The number of rotatable bonds is 4. The summed E-state index contributed by atoms with van der Waals surface area (Å²) < 4.78 is 103. The van der Waals surface area contributed by atoms with Gasteiger partial charge in [0.1, 0.15) is 4.90 Å². The van der Waals surface area contributed by atoms with Crippen molar-refractivity contribution in [2.45, 2.75) is 24.2 Å². The van der Waals surface area contributed by atoms with Crippen LogP contribution in [-0.2, 0) is 22.2 Å². The van der Waals surface area contributed by atoms with Crippen LogP contribution in [0.5, 0.6) is 0 Å². The van der Waals surface area contributed by atoms with Gasteiger partial charge in [-0.2, -0.15) is 31.4 Å². The summed E-state index contributed by atoms with van der Waals surface area (Å²) in [5, 5.41) is 3.84. The third-order valence-corrected chi connectivity index (χ3v) is 5.79. The monoisotopic (exact) mass is 450 g/mol. The van der Waals surface area contributed by atoms with Gasteiger partial charge in [-0.1, -0.05) is 6.92 Å². The van der Waals surface area contributed by atoms with E-state index >= 15 is 0 Å². The number of pyridine rings is 2. The van der Waals surface area contributed by atoms with Gasteiger partial charge in [0, 0.05) is 24.2 Å². The Labute approximate surface area is 166 Å². The molecular formula is C17H12F6N4O2S. The second-order valence-electron chi connectivity index (χ2n) is 6.05. The quantitative estimate of drug-likeness (QED) is 0.558. The van der Waals surface area contributed by atoms with E-state index in [1.165, 1.54) is 6.92 Å². The smallest absolute Gasteiger partial charge is 0.256 e. The van der Waals surface area contributed by atoms with E-state index in [0.29, 0.717) is 12.3 Å². The summed E-state index contributed by atoms with van der Waals surface area (Å²) >= 11 is 0. The molecule has 0 aliphatic carbocycles. The minimum Gasteiger partial charge on any atom is -0.256 e. The van der Waals surface area contributed by atoms with E-state index < -0.39 is 49.8 Å². The number of alkyl halides is 6. The predicted octanol–water partition coefficient (Wildman–Crippen LogP) is 4.16. The van der Waals surface area contributed by atoms with Crippen LogP contribution in [0.1, 0.15) is 18.1 Å². The summed E-state index contributed by atoms with van der Waals surface area (Å²) in [6.45, 7) is 1.25. The van der Waals surface area contributed by atoms with E-state index in [0.717, 1.165) is 35.4 Å². The molecule has 13 heteroatoms. The average Bonchev–Trinajstić information content (AvgIpc) is 3.16. The maximum Gasteiger partial charge on any atom is 0.417 e.